The number of benzene rings is 1. The van der Waals surface area contributed by atoms with Gasteiger partial charge in [0.05, 0.1) is 12.7 Å². The smallest absolute Gasteiger partial charge is 0.119 e. The summed E-state index contributed by atoms with van der Waals surface area (Å²) >= 11 is 0. The summed E-state index contributed by atoms with van der Waals surface area (Å²) in [6.07, 6.45) is -0.214. The summed E-state index contributed by atoms with van der Waals surface area (Å²) in [6, 6.07) is 8.22. The van der Waals surface area contributed by atoms with Crippen molar-refractivity contribution in [1.29, 1.82) is 0 Å². The fourth-order valence-electron chi connectivity index (χ4n) is 2.30. The molecule has 1 fully saturated rings. The van der Waals surface area contributed by atoms with E-state index in [1.807, 2.05) is 12.1 Å². The summed E-state index contributed by atoms with van der Waals surface area (Å²) < 4.78 is 5.66. The van der Waals surface area contributed by atoms with E-state index in [1.165, 1.54) is 5.56 Å². The predicted octanol–water partition coefficient (Wildman–Crippen LogP) is 1.81. The van der Waals surface area contributed by atoms with Gasteiger partial charge in [0, 0.05) is 32.1 Å². The van der Waals surface area contributed by atoms with Crippen molar-refractivity contribution in [2.24, 2.45) is 11.8 Å². The van der Waals surface area contributed by atoms with Crippen molar-refractivity contribution >= 4 is 12.4 Å². The third-order valence-corrected chi connectivity index (χ3v) is 3.55. The van der Waals surface area contributed by atoms with Crippen molar-refractivity contribution in [2.45, 2.75) is 26.5 Å². The van der Waals surface area contributed by atoms with Crippen LogP contribution in [0.25, 0.3) is 0 Å². The summed E-state index contributed by atoms with van der Waals surface area (Å²) in [7, 11) is 0. The molecule has 1 aliphatic heterocycles. The second-order valence-corrected chi connectivity index (χ2v) is 5.97. The van der Waals surface area contributed by atoms with E-state index >= 15 is 0 Å². The Bertz CT molecular complexity index is 398. The Kier molecular flexibility index (Phi) is 8.04. The minimum absolute atomic E-state index is 0. The van der Waals surface area contributed by atoms with Crippen LogP contribution in [0.3, 0.4) is 0 Å². The van der Waals surface area contributed by atoms with Gasteiger partial charge in [-0.2, -0.15) is 0 Å². The van der Waals surface area contributed by atoms with Crippen LogP contribution in [0.1, 0.15) is 19.4 Å². The maximum atomic E-state index is 9.71. The fourth-order valence-corrected chi connectivity index (χ4v) is 2.30. The zero-order valence-corrected chi connectivity index (χ0v) is 13.7. The summed E-state index contributed by atoms with van der Waals surface area (Å²) in [5.74, 6) is 1.80. The molecule has 3 N–H and O–H groups in total. The summed E-state index contributed by atoms with van der Waals surface area (Å²) in [5, 5.41) is 16.3. The highest BCUT2D eigenvalue weighted by Gasteiger charge is 2.23. The van der Waals surface area contributed by atoms with E-state index in [9.17, 15) is 5.11 Å². The molecule has 0 amide bonds. The van der Waals surface area contributed by atoms with E-state index in [0.29, 0.717) is 18.4 Å². The molecule has 2 rings (SSSR count). The van der Waals surface area contributed by atoms with Crippen LogP contribution in [0.2, 0.25) is 0 Å². The number of halogens is 1. The van der Waals surface area contributed by atoms with Crippen LogP contribution in [0.15, 0.2) is 24.3 Å². The first-order valence-electron chi connectivity index (χ1n) is 7.46. The molecule has 0 radical (unpaired) electrons. The molecule has 21 heavy (non-hydrogen) atoms. The van der Waals surface area contributed by atoms with Crippen molar-refractivity contribution in [3.05, 3.63) is 29.8 Å². The van der Waals surface area contributed by atoms with E-state index in [0.717, 1.165) is 32.0 Å². The van der Waals surface area contributed by atoms with Crippen LogP contribution in [-0.4, -0.2) is 37.5 Å². The summed E-state index contributed by atoms with van der Waals surface area (Å²) in [5.41, 5.74) is 1.24. The molecule has 0 aromatic heterocycles. The van der Waals surface area contributed by atoms with Crippen LogP contribution < -0.4 is 15.4 Å². The second-order valence-electron chi connectivity index (χ2n) is 5.97. The van der Waals surface area contributed by atoms with Gasteiger partial charge in [-0.1, -0.05) is 26.0 Å². The van der Waals surface area contributed by atoms with Crippen LogP contribution in [0.5, 0.6) is 5.75 Å². The van der Waals surface area contributed by atoms with Crippen LogP contribution in [0, 0.1) is 11.8 Å². The number of hydrogen-bond acceptors (Lipinski definition) is 4. The van der Waals surface area contributed by atoms with E-state index < -0.39 is 0 Å². The first kappa shape index (κ1) is 18.2. The van der Waals surface area contributed by atoms with Gasteiger partial charge in [0.15, 0.2) is 0 Å². The number of ether oxygens (including phenoxy) is 1. The number of aliphatic hydroxyl groups excluding tert-OH is 1. The zero-order chi connectivity index (χ0) is 14.4. The lowest BCUT2D eigenvalue weighted by molar-refractivity contribution is 0.146. The van der Waals surface area contributed by atoms with E-state index in [-0.39, 0.29) is 18.5 Å². The molecule has 2 unspecified atom stereocenters. The molecule has 1 aromatic carbocycles. The van der Waals surface area contributed by atoms with Gasteiger partial charge < -0.3 is 20.5 Å². The molecule has 0 aliphatic carbocycles. The molecule has 0 saturated carbocycles. The van der Waals surface area contributed by atoms with Gasteiger partial charge in [-0.3, -0.25) is 0 Å². The molecule has 1 aliphatic rings. The third-order valence-electron chi connectivity index (χ3n) is 3.55. The van der Waals surface area contributed by atoms with Gasteiger partial charge in [-0.25, -0.2) is 0 Å². The van der Waals surface area contributed by atoms with Gasteiger partial charge in [0.25, 0.3) is 0 Å². The first-order chi connectivity index (χ1) is 9.65. The maximum Gasteiger partial charge on any atom is 0.119 e. The average molecular weight is 315 g/mol. The summed E-state index contributed by atoms with van der Waals surface area (Å²) in [4.78, 5) is 0. The van der Waals surface area contributed by atoms with Crippen molar-refractivity contribution in [2.75, 3.05) is 26.2 Å². The van der Waals surface area contributed by atoms with Crippen LogP contribution >= 0.6 is 12.4 Å². The monoisotopic (exact) mass is 314 g/mol. The highest BCUT2D eigenvalue weighted by Crippen LogP contribution is 2.13. The zero-order valence-electron chi connectivity index (χ0n) is 12.8. The standard InChI is InChI=1S/C16H26N2O2.ClH/c1-12(2)11-20-15-5-3-13(4-6-15)7-17-8-14-9-18-10-16(14)19;/h3-6,12,14,16-19H,7-11H2,1-2H3;1H. The molecule has 4 nitrogen and oxygen atoms in total. The fraction of sp³-hybridized carbons (Fsp3) is 0.625. The van der Waals surface area contributed by atoms with Gasteiger partial charge in [0.1, 0.15) is 5.75 Å². The molecule has 0 bridgehead atoms. The molecule has 2 atom stereocenters. The topological polar surface area (TPSA) is 53.5 Å². The molecule has 1 saturated heterocycles. The quantitative estimate of drug-likeness (QED) is 0.718. The van der Waals surface area contributed by atoms with Gasteiger partial charge in [-0.15, -0.1) is 12.4 Å². The Balaban J connectivity index is 0.00000220. The lowest BCUT2D eigenvalue weighted by atomic mass is 10.1. The first-order valence-corrected chi connectivity index (χ1v) is 7.46. The molecular formula is C16H27ClN2O2. The highest BCUT2D eigenvalue weighted by molar-refractivity contribution is 5.85. The molecular weight excluding hydrogens is 288 g/mol. The highest BCUT2D eigenvalue weighted by atomic mass is 35.5. The van der Waals surface area contributed by atoms with E-state index in [4.69, 9.17) is 4.74 Å². The number of aliphatic hydroxyl groups is 1. The van der Waals surface area contributed by atoms with Crippen molar-refractivity contribution in [1.82, 2.24) is 10.6 Å². The van der Waals surface area contributed by atoms with Crippen molar-refractivity contribution < 1.29 is 9.84 Å². The molecule has 1 heterocycles. The minimum Gasteiger partial charge on any atom is -0.493 e. The lowest BCUT2D eigenvalue weighted by Crippen LogP contribution is -2.30. The van der Waals surface area contributed by atoms with E-state index in [2.05, 4.69) is 36.6 Å². The molecule has 1 aromatic rings. The number of hydrogen-bond donors (Lipinski definition) is 3. The number of nitrogens with one attached hydrogen (secondary N) is 2. The molecule has 120 valence electrons. The SMILES string of the molecule is CC(C)COc1ccc(CNCC2CNCC2O)cc1.Cl. The van der Waals surface area contributed by atoms with Crippen molar-refractivity contribution in [3.63, 3.8) is 0 Å². The Hall–Kier alpha value is -0.810. The number of β-amino-alcohol motifs (C(OH)–C–C–N with tert-alkyl or cyclic N) is 1. The van der Waals surface area contributed by atoms with E-state index in [1.54, 1.807) is 0 Å². The van der Waals surface area contributed by atoms with Gasteiger partial charge >= 0.3 is 0 Å². The molecule has 0 spiro atoms. The second kappa shape index (κ2) is 9.26. The van der Waals surface area contributed by atoms with Gasteiger partial charge in [-0.05, 0) is 23.6 Å². The largest absolute Gasteiger partial charge is 0.493 e. The number of rotatable bonds is 7. The Morgan fingerprint density at radius 1 is 1.29 bits per heavy atom. The van der Waals surface area contributed by atoms with Crippen molar-refractivity contribution in [3.8, 4) is 5.75 Å². The summed E-state index contributed by atoms with van der Waals surface area (Å²) in [6.45, 7) is 8.33. The normalized spacial score (nSPS) is 21.3. The Morgan fingerprint density at radius 3 is 2.57 bits per heavy atom. The lowest BCUT2D eigenvalue weighted by Gasteiger charge is -2.14. The van der Waals surface area contributed by atoms with Crippen LogP contribution in [-0.2, 0) is 6.54 Å². The van der Waals surface area contributed by atoms with Crippen LogP contribution in [0.4, 0.5) is 0 Å². The Labute approximate surface area is 133 Å². The Morgan fingerprint density at radius 2 is 2.00 bits per heavy atom. The average Bonchev–Trinajstić information content (AvgIpc) is 2.83. The minimum atomic E-state index is -0.214. The predicted molar refractivity (Wildman–Crippen MR) is 88.1 cm³/mol. The molecule has 5 heteroatoms. The third kappa shape index (κ3) is 6.22. The maximum absolute atomic E-state index is 9.71. The van der Waals surface area contributed by atoms with Gasteiger partial charge in [0.2, 0.25) is 0 Å².